The van der Waals surface area contributed by atoms with Crippen LogP contribution in [0.15, 0.2) is 32.7 Å². The van der Waals surface area contributed by atoms with Crippen LogP contribution in [-0.2, 0) is 0 Å². The number of nitrogens with zero attached hydrogens (tertiary/aromatic N) is 3. The Morgan fingerprint density at radius 1 is 1.63 bits per heavy atom. The predicted molar refractivity (Wildman–Crippen MR) is 82.9 cm³/mol. The number of hydrogen-bond donors (Lipinski definition) is 1. The number of fused-ring (bicyclic) bond motifs is 1. The minimum Gasteiger partial charge on any atom is -0.378 e. The number of aliphatic hydroxyl groups excluding tert-OH is 1. The first-order valence-electron chi connectivity index (χ1n) is 6.66. The summed E-state index contributed by atoms with van der Waals surface area (Å²) in [6.45, 7) is 3.70. The molecule has 0 bridgehead atoms. The molecule has 0 aromatic rings. The zero-order chi connectivity index (χ0) is 13.7. The van der Waals surface area contributed by atoms with E-state index in [0.29, 0.717) is 18.4 Å². The summed E-state index contributed by atoms with van der Waals surface area (Å²) >= 11 is 3.41. The largest absolute Gasteiger partial charge is 0.378 e. The van der Waals surface area contributed by atoms with Crippen molar-refractivity contribution >= 4 is 28.5 Å². The molecule has 2 aliphatic rings. The fraction of sp³-hybridized carbons (Fsp3) is 0.571. The van der Waals surface area contributed by atoms with Crippen LogP contribution in [0.5, 0.6) is 0 Å². The van der Waals surface area contributed by atoms with Gasteiger partial charge in [-0.2, -0.15) is 0 Å². The molecule has 2 heterocycles. The molecule has 19 heavy (non-hydrogen) atoms. The normalized spacial score (nSPS) is 29.7. The number of allylic oxidation sites excluding steroid dienone is 3. The summed E-state index contributed by atoms with van der Waals surface area (Å²) in [4.78, 5) is 10.6. The second kappa shape index (κ2) is 7.12. The Morgan fingerprint density at radius 2 is 2.47 bits per heavy atom. The Bertz CT molecular complexity index is 417. The van der Waals surface area contributed by atoms with E-state index in [1.165, 1.54) is 0 Å². The SMILES string of the molecule is C/C=C(Br)\C=C/CC(O)N1CCC2N=CN=CC2C1. The van der Waals surface area contributed by atoms with Gasteiger partial charge >= 0.3 is 0 Å². The molecule has 3 unspecified atom stereocenters. The molecule has 2 rings (SSSR count). The average Bonchev–Trinajstić information content (AvgIpc) is 2.46. The first kappa shape index (κ1) is 14.6. The van der Waals surface area contributed by atoms with Gasteiger partial charge in [-0.05, 0) is 13.3 Å². The quantitative estimate of drug-likeness (QED) is 0.806. The van der Waals surface area contributed by atoms with E-state index in [2.05, 4.69) is 30.8 Å². The highest BCUT2D eigenvalue weighted by Gasteiger charge is 2.31. The zero-order valence-corrected chi connectivity index (χ0v) is 12.7. The van der Waals surface area contributed by atoms with E-state index in [0.717, 1.165) is 24.0 Å². The molecule has 0 aliphatic carbocycles. The average molecular weight is 326 g/mol. The van der Waals surface area contributed by atoms with E-state index in [1.807, 2.05) is 31.4 Å². The standard InChI is InChI=1S/C14H20BrN3O/c1-2-12(15)4-3-5-14(19)18-7-6-13-11(9-18)8-16-10-17-13/h2-4,8,10-11,13-14,19H,5-7,9H2,1H3/b4-3-,12-2+. The van der Waals surface area contributed by atoms with Gasteiger partial charge in [0.25, 0.3) is 0 Å². The van der Waals surface area contributed by atoms with Crippen LogP contribution in [0.3, 0.4) is 0 Å². The Labute approximate surface area is 122 Å². The number of hydrogen-bond acceptors (Lipinski definition) is 4. The molecule has 4 nitrogen and oxygen atoms in total. The molecule has 1 fully saturated rings. The van der Waals surface area contributed by atoms with Crippen LogP contribution in [-0.4, -0.2) is 47.9 Å². The second-order valence-electron chi connectivity index (χ2n) is 4.87. The fourth-order valence-electron chi connectivity index (χ4n) is 2.42. The van der Waals surface area contributed by atoms with Crippen molar-refractivity contribution < 1.29 is 5.11 Å². The summed E-state index contributed by atoms with van der Waals surface area (Å²) in [5.74, 6) is 0.347. The molecule has 5 heteroatoms. The number of likely N-dealkylation sites (tertiary alicyclic amines) is 1. The third-order valence-corrected chi connectivity index (χ3v) is 4.30. The van der Waals surface area contributed by atoms with E-state index in [1.54, 1.807) is 6.34 Å². The number of halogens is 1. The van der Waals surface area contributed by atoms with E-state index in [-0.39, 0.29) is 0 Å². The van der Waals surface area contributed by atoms with Crippen LogP contribution < -0.4 is 0 Å². The summed E-state index contributed by atoms with van der Waals surface area (Å²) in [5.41, 5.74) is 0. The van der Waals surface area contributed by atoms with Crippen molar-refractivity contribution in [3.8, 4) is 0 Å². The first-order chi connectivity index (χ1) is 9.20. The number of rotatable bonds is 4. The van der Waals surface area contributed by atoms with Crippen molar-refractivity contribution in [2.24, 2.45) is 15.9 Å². The lowest BCUT2D eigenvalue weighted by atomic mass is 9.92. The van der Waals surface area contributed by atoms with Crippen molar-refractivity contribution in [2.75, 3.05) is 13.1 Å². The molecule has 104 valence electrons. The Hall–Kier alpha value is -0.780. The monoisotopic (exact) mass is 325 g/mol. The Balaban J connectivity index is 1.84. The Kier molecular flexibility index (Phi) is 5.48. The van der Waals surface area contributed by atoms with Gasteiger partial charge in [-0.15, -0.1) is 0 Å². The predicted octanol–water partition coefficient (Wildman–Crippen LogP) is 2.35. The first-order valence-corrected chi connectivity index (χ1v) is 7.45. The summed E-state index contributed by atoms with van der Waals surface area (Å²) in [5, 5.41) is 10.2. The third-order valence-electron chi connectivity index (χ3n) is 3.58. The molecule has 3 atom stereocenters. The molecule has 0 aromatic heterocycles. The molecule has 1 N–H and O–H groups in total. The van der Waals surface area contributed by atoms with Gasteiger partial charge in [-0.3, -0.25) is 9.89 Å². The van der Waals surface area contributed by atoms with Crippen molar-refractivity contribution in [1.29, 1.82) is 0 Å². The van der Waals surface area contributed by atoms with Crippen molar-refractivity contribution in [1.82, 2.24) is 4.90 Å². The van der Waals surface area contributed by atoms with Crippen LogP contribution in [0.25, 0.3) is 0 Å². The van der Waals surface area contributed by atoms with Crippen LogP contribution in [0, 0.1) is 5.92 Å². The van der Waals surface area contributed by atoms with Gasteiger partial charge < -0.3 is 5.11 Å². The third kappa shape index (κ3) is 4.09. The number of aliphatic imine (C=N–C) groups is 2. The number of aliphatic hydroxyl groups is 1. The molecular weight excluding hydrogens is 306 g/mol. The molecule has 0 amide bonds. The molecule has 0 spiro atoms. The van der Waals surface area contributed by atoms with Gasteiger partial charge in [0.05, 0.1) is 6.04 Å². The molecule has 0 radical (unpaired) electrons. The van der Waals surface area contributed by atoms with E-state index < -0.39 is 6.23 Å². The highest BCUT2D eigenvalue weighted by atomic mass is 79.9. The van der Waals surface area contributed by atoms with Crippen LogP contribution in [0.2, 0.25) is 0 Å². The van der Waals surface area contributed by atoms with Gasteiger partial charge in [0.2, 0.25) is 0 Å². The maximum atomic E-state index is 10.2. The summed E-state index contributed by atoms with van der Waals surface area (Å²) in [6.07, 6.45) is 10.8. The zero-order valence-electron chi connectivity index (χ0n) is 11.1. The summed E-state index contributed by atoms with van der Waals surface area (Å²) in [7, 11) is 0. The van der Waals surface area contributed by atoms with E-state index >= 15 is 0 Å². The van der Waals surface area contributed by atoms with Crippen molar-refractivity contribution in [2.45, 2.75) is 32.0 Å². The van der Waals surface area contributed by atoms with Gasteiger partial charge in [0.1, 0.15) is 12.6 Å². The second-order valence-corrected chi connectivity index (χ2v) is 5.79. The van der Waals surface area contributed by atoms with Gasteiger partial charge in [0, 0.05) is 36.1 Å². The maximum Gasteiger partial charge on any atom is 0.110 e. The number of piperidine rings is 1. The summed E-state index contributed by atoms with van der Waals surface area (Å²) in [6, 6.07) is 0.355. The summed E-state index contributed by atoms with van der Waals surface area (Å²) < 4.78 is 1.03. The van der Waals surface area contributed by atoms with E-state index in [4.69, 9.17) is 0 Å². The van der Waals surface area contributed by atoms with Crippen LogP contribution in [0.4, 0.5) is 0 Å². The highest BCUT2D eigenvalue weighted by molar-refractivity contribution is 9.11. The smallest absolute Gasteiger partial charge is 0.110 e. The van der Waals surface area contributed by atoms with Gasteiger partial charge in [-0.25, -0.2) is 4.99 Å². The van der Waals surface area contributed by atoms with Crippen LogP contribution >= 0.6 is 15.9 Å². The molecule has 2 aliphatic heterocycles. The fourth-order valence-corrected chi connectivity index (χ4v) is 2.61. The molecule has 0 saturated carbocycles. The highest BCUT2D eigenvalue weighted by Crippen LogP contribution is 2.22. The van der Waals surface area contributed by atoms with Gasteiger partial charge in [-0.1, -0.05) is 34.2 Å². The molecule has 0 aromatic carbocycles. The lowest BCUT2D eigenvalue weighted by Crippen LogP contribution is -2.48. The molecule has 1 saturated heterocycles. The molecular formula is C14H20BrN3O. The Morgan fingerprint density at radius 3 is 3.26 bits per heavy atom. The van der Waals surface area contributed by atoms with Crippen molar-refractivity contribution in [3.05, 3.63) is 22.7 Å². The lowest BCUT2D eigenvalue weighted by molar-refractivity contribution is -0.0147. The topological polar surface area (TPSA) is 48.2 Å². The lowest BCUT2D eigenvalue weighted by Gasteiger charge is -2.38. The minimum atomic E-state index is -0.423. The maximum absolute atomic E-state index is 10.2. The minimum absolute atomic E-state index is 0.347. The van der Waals surface area contributed by atoms with E-state index in [9.17, 15) is 5.11 Å². The van der Waals surface area contributed by atoms with Gasteiger partial charge in [0.15, 0.2) is 0 Å². The van der Waals surface area contributed by atoms with Crippen molar-refractivity contribution in [3.63, 3.8) is 0 Å². The van der Waals surface area contributed by atoms with Crippen LogP contribution in [0.1, 0.15) is 19.8 Å².